The minimum absolute atomic E-state index is 0.0873. The number of hydrogen-bond acceptors (Lipinski definition) is 4. The molecule has 134 valence electrons. The lowest BCUT2D eigenvalue weighted by atomic mass is 10.2. The number of ether oxygens (including phenoxy) is 1. The first-order chi connectivity index (χ1) is 11.9. The number of rotatable bonds is 6. The van der Waals surface area contributed by atoms with E-state index in [1.807, 2.05) is 19.9 Å². The van der Waals surface area contributed by atoms with Gasteiger partial charge in [-0.05, 0) is 38.1 Å². The Bertz CT molecular complexity index is 756. The van der Waals surface area contributed by atoms with E-state index in [4.69, 9.17) is 4.74 Å². The minimum atomic E-state index is -0.335. The molecule has 2 rings (SSSR count). The van der Waals surface area contributed by atoms with Crippen LogP contribution in [0.2, 0.25) is 0 Å². The number of aryl methyl sites for hydroxylation is 1. The number of anilines is 2. The van der Waals surface area contributed by atoms with Crippen molar-refractivity contribution < 1.29 is 14.3 Å². The topological polar surface area (TPSA) is 108 Å². The fourth-order valence-corrected chi connectivity index (χ4v) is 2.41. The molecule has 1 atom stereocenters. The van der Waals surface area contributed by atoms with Crippen molar-refractivity contribution in [1.82, 2.24) is 15.5 Å². The molecule has 8 heteroatoms. The summed E-state index contributed by atoms with van der Waals surface area (Å²) in [4.78, 5) is 23.4. The van der Waals surface area contributed by atoms with Gasteiger partial charge in [0.05, 0.1) is 18.5 Å². The van der Waals surface area contributed by atoms with Gasteiger partial charge in [0.1, 0.15) is 5.75 Å². The fraction of sp³-hybridized carbons (Fsp3) is 0.353. The van der Waals surface area contributed by atoms with E-state index in [0.29, 0.717) is 23.5 Å². The Kier molecular flexibility index (Phi) is 5.99. The van der Waals surface area contributed by atoms with Crippen molar-refractivity contribution in [3.63, 3.8) is 0 Å². The summed E-state index contributed by atoms with van der Waals surface area (Å²) in [6.07, 6.45) is 0.623. The molecule has 1 aromatic heterocycles. The second-order valence-corrected chi connectivity index (χ2v) is 5.84. The monoisotopic (exact) mass is 345 g/mol. The molecule has 1 heterocycles. The second-order valence-electron chi connectivity index (χ2n) is 5.84. The van der Waals surface area contributed by atoms with Gasteiger partial charge in [-0.25, -0.2) is 4.79 Å². The standard InChI is InChI=1S/C17H23N5O3/c1-10(7-14-8-11(2)21-22-14)18-17(24)20-13-5-6-16(25-4)15(9-13)19-12(3)23/h5-6,8-10H,7H2,1-4H3,(H,19,23)(H,21,22)(H2,18,20,24)/t10-/m0/s1. The number of aromatic amines is 1. The van der Waals surface area contributed by atoms with Crippen LogP contribution in [0.1, 0.15) is 25.2 Å². The highest BCUT2D eigenvalue weighted by Gasteiger charge is 2.12. The summed E-state index contributed by atoms with van der Waals surface area (Å²) in [7, 11) is 1.51. The number of hydrogen-bond donors (Lipinski definition) is 4. The summed E-state index contributed by atoms with van der Waals surface area (Å²) in [6.45, 7) is 5.24. The second kappa shape index (κ2) is 8.18. The van der Waals surface area contributed by atoms with Gasteiger partial charge in [0.15, 0.2) is 0 Å². The van der Waals surface area contributed by atoms with Gasteiger partial charge < -0.3 is 20.7 Å². The van der Waals surface area contributed by atoms with Crippen molar-refractivity contribution in [1.29, 1.82) is 0 Å². The van der Waals surface area contributed by atoms with Gasteiger partial charge in [-0.2, -0.15) is 5.10 Å². The average Bonchev–Trinajstić information content (AvgIpc) is 2.91. The Morgan fingerprint density at radius 3 is 2.64 bits per heavy atom. The van der Waals surface area contributed by atoms with Crippen LogP contribution in [-0.4, -0.2) is 35.3 Å². The molecule has 0 aliphatic rings. The number of aromatic nitrogens is 2. The Morgan fingerprint density at radius 2 is 2.04 bits per heavy atom. The molecule has 0 fully saturated rings. The van der Waals surface area contributed by atoms with Crippen LogP contribution in [0.25, 0.3) is 0 Å². The zero-order valence-electron chi connectivity index (χ0n) is 14.8. The Morgan fingerprint density at radius 1 is 1.28 bits per heavy atom. The van der Waals surface area contributed by atoms with Crippen LogP contribution in [0.3, 0.4) is 0 Å². The summed E-state index contributed by atoms with van der Waals surface area (Å²) < 4.78 is 5.19. The largest absolute Gasteiger partial charge is 0.495 e. The van der Waals surface area contributed by atoms with Crippen molar-refractivity contribution >= 4 is 23.3 Å². The predicted molar refractivity (Wildman–Crippen MR) is 95.9 cm³/mol. The first-order valence-electron chi connectivity index (χ1n) is 7.91. The lowest BCUT2D eigenvalue weighted by Gasteiger charge is -2.15. The molecule has 0 aliphatic heterocycles. The maximum Gasteiger partial charge on any atom is 0.319 e. The Labute approximate surface area is 146 Å². The average molecular weight is 345 g/mol. The number of carbonyl (C=O) groups excluding carboxylic acids is 2. The summed E-state index contributed by atoms with van der Waals surface area (Å²) in [5.74, 6) is 0.297. The maximum atomic E-state index is 12.1. The lowest BCUT2D eigenvalue weighted by Crippen LogP contribution is -2.37. The van der Waals surface area contributed by atoms with E-state index in [1.54, 1.807) is 18.2 Å². The summed E-state index contributed by atoms with van der Waals surface area (Å²) in [5.41, 5.74) is 2.91. The van der Waals surface area contributed by atoms with Gasteiger partial charge in [-0.3, -0.25) is 9.89 Å². The smallest absolute Gasteiger partial charge is 0.319 e. The van der Waals surface area contributed by atoms with Crippen molar-refractivity contribution in [2.45, 2.75) is 33.2 Å². The SMILES string of the molecule is COc1ccc(NC(=O)N[C@@H](C)Cc2cc(C)[nH]n2)cc1NC(C)=O. The number of nitrogens with zero attached hydrogens (tertiary/aromatic N) is 1. The first kappa shape index (κ1) is 18.3. The molecule has 0 bridgehead atoms. The predicted octanol–water partition coefficient (Wildman–Crippen LogP) is 2.44. The normalized spacial score (nSPS) is 11.5. The maximum absolute atomic E-state index is 12.1. The fourth-order valence-electron chi connectivity index (χ4n) is 2.41. The minimum Gasteiger partial charge on any atom is -0.495 e. The van der Waals surface area contributed by atoms with Gasteiger partial charge in [0.25, 0.3) is 0 Å². The van der Waals surface area contributed by atoms with Crippen LogP contribution in [0.5, 0.6) is 5.75 Å². The Hall–Kier alpha value is -3.03. The van der Waals surface area contributed by atoms with Crippen molar-refractivity contribution in [3.8, 4) is 5.75 Å². The molecule has 0 unspecified atom stereocenters. The number of urea groups is 1. The van der Waals surface area contributed by atoms with Crippen molar-refractivity contribution in [2.75, 3.05) is 17.7 Å². The third-order valence-electron chi connectivity index (χ3n) is 3.42. The van der Waals surface area contributed by atoms with E-state index in [9.17, 15) is 9.59 Å². The van der Waals surface area contributed by atoms with Gasteiger partial charge in [0, 0.05) is 30.8 Å². The van der Waals surface area contributed by atoms with Crippen molar-refractivity contribution in [3.05, 3.63) is 35.7 Å². The molecule has 3 amide bonds. The van der Waals surface area contributed by atoms with E-state index >= 15 is 0 Å². The molecule has 0 saturated carbocycles. The number of carbonyl (C=O) groups is 2. The van der Waals surface area contributed by atoms with Crippen LogP contribution < -0.4 is 20.7 Å². The highest BCUT2D eigenvalue weighted by Crippen LogP contribution is 2.27. The molecule has 0 spiro atoms. The van der Waals surface area contributed by atoms with E-state index < -0.39 is 0 Å². The molecule has 2 aromatic rings. The van der Waals surface area contributed by atoms with Gasteiger partial charge in [-0.1, -0.05) is 0 Å². The quantitative estimate of drug-likeness (QED) is 0.645. The summed E-state index contributed by atoms with van der Waals surface area (Å²) in [6, 6.07) is 6.54. The molecule has 8 nitrogen and oxygen atoms in total. The number of H-pyrrole nitrogens is 1. The number of benzene rings is 1. The zero-order chi connectivity index (χ0) is 18.4. The molecular weight excluding hydrogens is 322 g/mol. The van der Waals surface area contributed by atoms with Crippen LogP contribution >= 0.6 is 0 Å². The first-order valence-corrected chi connectivity index (χ1v) is 7.91. The number of methoxy groups -OCH3 is 1. The highest BCUT2D eigenvalue weighted by molar-refractivity contribution is 5.94. The molecule has 0 saturated heterocycles. The molecular formula is C17H23N5O3. The van der Waals surface area contributed by atoms with Crippen LogP contribution in [0.15, 0.2) is 24.3 Å². The van der Waals surface area contributed by atoms with Crippen LogP contribution in [0.4, 0.5) is 16.2 Å². The van der Waals surface area contributed by atoms with Gasteiger partial charge >= 0.3 is 6.03 Å². The third kappa shape index (κ3) is 5.52. The van der Waals surface area contributed by atoms with Gasteiger partial charge in [-0.15, -0.1) is 0 Å². The molecule has 25 heavy (non-hydrogen) atoms. The van der Waals surface area contributed by atoms with E-state index in [0.717, 1.165) is 11.4 Å². The highest BCUT2D eigenvalue weighted by atomic mass is 16.5. The van der Waals surface area contributed by atoms with E-state index in [1.165, 1.54) is 14.0 Å². The lowest BCUT2D eigenvalue weighted by molar-refractivity contribution is -0.114. The molecule has 0 radical (unpaired) electrons. The van der Waals surface area contributed by atoms with Crippen molar-refractivity contribution in [2.24, 2.45) is 0 Å². The zero-order valence-corrected chi connectivity index (χ0v) is 14.8. The molecule has 4 N–H and O–H groups in total. The molecule has 0 aliphatic carbocycles. The van der Waals surface area contributed by atoms with Gasteiger partial charge in [0.2, 0.25) is 5.91 Å². The van der Waals surface area contributed by atoms with Crippen LogP contribution in [-0.2, 0) is 11.2 Å². The number of nitrogens with one attached hydrogen (secondary N) is 4. The number of amides is 3. The summed E-state index contributed by atoms with van der Waals surface area (Å²) >= 11 is 0. The third-order valence-corrected chi connectivity index (χ3v) is 3.42. The van der Waals surface area contributed by atoms with E-state index in [2.05, 4.69) is 26.1 Å². The summed E-state index contributed by atoms with van der Waals surface area (Å²) in [5, 5.41) is 15.3. The van der Waals surface area contributed by atoms with E-state index in [-0.39, 0.29) is 18.0 Å². The molecule has 1 aromatic carbocycles. The van der Waals surface area contributed by atoms with Crippen LogP contribution in [0, 0.1) is 6.92 Å². The Balaban J connectivity index is 1.96.